The number of nitrogens with one attached hydrogen (secondary N) is 1. The van der Waals surface area contributed by atoms with Gasteiger partial charge in [0.2, 0.25) is 0 Å². The van der Waals surface area contributed by atoms with Gasteiger partial charge < -0.3 is 15.3 Å². The Morgan fingerprint density at radius 3 is 2.36 bits per heavy atom. The number of nitrogens with zero attached hydrogens (tertiary/aromatic N) is 3. The van der Waals surface area contributed by atoms with Crippen LogP contribution in [-0.4, -0.2) is 76.7 Å². The molecule has 2 saturated heterocycles. The Bertz CT molecular complexity index is 1080. The molecule has 2 aromatic rings. The van der Waals surface area contributed by atoms with E-state index in [0.717, 1.165) is 30.1 Å². The molecule has 3 heterocycles. The van der Waals surface area contributed by atoms with Crippen molar-refractivity contribution >= 4 is 11.9 Å². The Hall–Kier alpha value is -2.98. The zero-order chi connectivity index (χ0) is 28.4. The minimum Gasteiger partial charge on any atom is -0.475 e. The molecule has 0 saturated carbocycles. The Morgan fingerprint density at radius 1 is 1.08 bits per heavy atom. The van der Waals surface area contributed by atoms with Gasteiger partial charge in [0.25, 0.3) is 5.91 Å². The Balaban J connectivity index is 0.000000532. The number of alkyl halides is 3. The second kappa shape index (κ2) is 14.4. The topological polar surface area (TPSA) is 85.8 Å². The molecule has 7 nitrogen and oxygen atoms in total. The maximum absolute atomic E-state index is 12.5. The summed E-state index contributed by atoms with van der Waals surface area (Å²) < 4.78 is 31.7. The van der Waals surface area contributed by atoms with Gasteiger partial charge in [0.05, 0.1) is 5.56 Å². The van der Waals surface area contributed by atoms with E-state index < -0.39 is 12.1 Å². The zero-order valence-electron chi connectivity index (χ0n) is 22.7. The molecule has 1 aromatic carbocycles. The predicted molar refractivity (Wildman–Crippen MR) is 144 cm³/mol. The van der Waals surface area contributed by atoms with Crippen LogP contribution in [0.3, 0.4) is 0 Å². The molecule has 1 atom stereocenters. The van der Waals surface area contributed by atoms with Gasteiger partial charge in [-0.2, -0.15) is 13.2 Å². The van der Waals surface area contributed by atoms with Gasteiger partial charge in [0.15, 0.2) is 0 Å². The maximum Gasteiger partial charge on any atom is 0.490 e. The third-order valence-electron chi connectivity index (χ3n) is 7.43. The standard InChI is InChI=1S/C27H38N4O.C2HF3O2/c1-3-21(2)17-29-27(32)25-16-24(18-28-19-25)23-8-6-7-22(15-23)20-30-13-9-26(10-14-30)31-11-4-5-12-31;3-2(4,5)1(6)7/h6-8,15-16,18-19,21,26H,3-5,9-14,17,20H2,1-2H3,(H,29,32);(H,6,7)/t21-;/m0./s1. The number of benzene rings is 1. The maximum atomic E-state index is 12.5. The molecule has 214 valence electrons. The minimum atomic E-state index is -5.08. The number of hydrogen-bond acceptors (Lipinski definition) is 5. The van der Waals surface area contributed by atoms with E-state index in [-0.39, 0.29) is 5.91 Å². The van der Waals surface area contributed by atoms with Crippen molar-refractivity contribution in [3.63, 3.8) is 0 Å². The Kier molecular flexibility index (Phi) is 11.3. The van der Waals surface area contributed by atoms with Crippen LogP contribution in [0.5, 0.6) is 0 Å². The van der Waals surface area contributed by atoms with E-state index in [1.807, 2.05) is 12.3 Å². The van der Waals surface area contributed by atoms with E-state index in [1.54, 1.807) is 6.20 Å². The largest absolute Gasteiger partial charge is 0.490 e. The van der Waals surface area contributed by atoms with Crippen molar-refractivity contribution in [2.75, 3.05) is 32.7 Å². The summed E-state index contributed by atoms with van der Waals surface area (Å²) in [6, 6.07) is 11.5. The van der Waals surface area contributed by atoms with E-state index in [1.165, 1.54) is 57.4 Å². The number of carbonyl (C=O) groups is 2. The summed E-state index contributed by atoms with van der Waals surface area (Å²) in [5.74, 6) is -2.32. The van der Waals surface area contributed by atoms with Crippen LogP contribution in [0.15, 0.2) is 42.7 Å². The first-order valence-electron chi connectivity index (χ1n) is 13.7. The van der Waals surface area contributed by atoms with E-state index >= 15 is 0 Å². The first-order chi connectivity index (χ1) is 18.6. The molecular formula is C29H39F3N4O3. The van der Waals surface area contributed by atoms with E-state index in [9.17, 15) is 18.0 Å². The fourth-order valence-electron chi connectivity index (χ4n) is 4.89. The van der Waals surface area contributed by atoms with Crippen LogP contribution in [-0.2, 0) is 11.3 Å². The van der Waals surface area contributed by atoms with E-state index in [2.05, 4.69) is 58.2 Å². The number of aliphatic carboxylic acids is 1. The van der Waals surface area contributed by atoms with Crippen LogP contribution in [0.4, 0.5) is 13.2 Å². The molecule has 1 aromatic heterocycles. The summed E-state index contributed by atoms with van der Waals surface area (Å²) in [5.41, 5.74) is 4.07. The number of carboxylic acid groups (broad SMARTS) is 1. The van der Waals surface area contributed by atoms with Crippen molar-refractivity contribution in [1.29, 1.82) is 0 Å². The number of halogens is 3. The van der Waals surface area contributed by atoms with Crippen molar-refractivity contribution in [3.05, 3.63) is 53.9 Å². The highest BCUT2D eigenvalue weighted by atomic mass is 19.4. The van der Waals surface area contributed by atoms with Gasteiger partial charge in [0, 0.05) is 37.1 Å². The summed E-state index contributed by atoms with van der Waals surface area (Å²) in [6.45, 7) is 10.9. The molecule has 10 heteroatoms. The van der Waals surface area contributed by atoms with Crippen LogP contribution in [0.25, 0.3) is 11.1 Å². The van der Waals surface area contributed by atoms with Gasteiger partial charge >= 0.3 is 12.1 Å². The van der Waals surface area contributed by atoms with Crippen LogP contribution >= 0.6 is 0 Å². The lowest BCUT2D eigenvalue weighted by molar-refractivity contribution is -0.192. The number of carboxylic acids is 1. The molecule has 2 aliphatic rings. The van der Waals surface area contributed by atoms with Gasteiger partial charge in [-0.3, -0.25) is 14.7 Å². The van der Waals surface area contributed by atoms with Crippen molar-refractivity contribution in [3.8, 4) is 11.1 Å². The van der Waals surface area contributed by atoms with Crippen molar-refractivity contribution in [2.45, 2.75) is 64.7 Å². The van der Waals surface area contributed by atoms with Crippen molar-refractivity contribution in [1.82, 2.24) is 20.1 Å². The molecule has 0 unspecified atom stereocenters. The van der Waals surface area contributed by atoms with Crippen LogP contribution in [0.2, 0.25) is 0 Å². The van der Waals surface area contributed by atoms with Crippen molar-refractivity contribution in [2.24, 2.45) is 5.92 Å². The van der Waals surface area contributed by atoms with E-state index in [0.29, 0.717) is 18.0 Å². The fourth-order valence-corrected chi connectivity index (χ4v) is 4.89. The highest BCUT2D eigenvalue weighted by Gasteiger charge is 2.38. The lowest BCUT2D eigenvalue weighted by atomic mass is 10.0. The van der Waals surface area contributed by atoms with Crippen LogP contribution in [0, 0.1) is 5.92 Å². The number of piperidine rings is 1. The molecular weight excluding hydrogens is 509 g/mol. The molecule has 4 rings (SSSR count). The Labute approximate surface area is 228 Å². The normalized spacial score (nSPS) is 17.8. The predicted octanol–water partition coefficient (Wildman–Crippen LogP) is 5.22. The lowest BCUT2D eigenvalue weighted by Crippen LogP contribution is -2.43. The average Bonchev–Trinajstić information content (AvgIpc) is 3.47. The van der Waals surface area contributed by atoms with E-state index in [4.69, 9.17) is 9.90 Å². The van der Waals surface area contributed by atoms with Crippen LogP contribution in [0.1, 0.15) is 61.9 Å². The number of carbonyl (C=O) groups excluding carboxylic acids is 1. The van der Waals surface area contributed by atoms with Crippen molar-refractivity contribution < 1.29 is 27.9 Å². The second-order valence-electron chi connectivity index (χ2n) is 10.4. The number of rotatable bonds is 8. The number of aromatic nitrogens is 1. The second-order valence-corrected chi connectivity index (χ2v) is 10.4. The van der Waals surface area contributed by atoms with Gasteiger partial charge in [-0.25, -0.2) is 4.79 Å². The monoisotopic (exact) mass is 548 g/mol. The molecule has 2 fully saturated rings. The summed E-state index contributed by atoms with van der Waals surface area (Å²) in [4.78, 5) is 31.1. The lowest BCUT2D eigenvalue weighted by Gasteiger charge is -2.36. The molecule has 2 N–H and O–H groups in total. The molecule has 0 spiro atoms. The van der Waals surface area contributed by atoms with Gasteiger partial charge in [-0.1, -0.05) is 38.5 Å². The summed E-state index contributed by atoms with van der Waals surface area (Å²) in [5, 5.41) is 10.2. The van der Waals surface area contributed by atoms with Crippen LogP contribution < -0.4 is 5.32 Å². The summed E-state index contributed by atoms with van der Waals surface area (Å²) in [7, 11) is 0. The van der Waals surface area contributed by atoms with Gasteiger partial charge in [-0.15, -0.1) is 0 Å². The molecule has 1 amide bonds. The SMILES string of the molecule is CC[C@H](C)CNC(=O)c1cncc(-c2cccc(CN3CCC(N4CCCC4)CC3)c2)c1.O=C(O)C(F)(F)F. The highest BCUT2D eigenvalue weighted by Crippen LogP contribution is 2.24. The summed E-state index contributed by atoms with van der Waals surface area (Å²) in [6.07, 6.45) is 4.82. The summed E-state index contributed by atoms with van der Waals surface area (Å²) >= 11 is 0. The Morgan fingerprint density at radius 2 is 1.74 bits per heavy atom. The number of likely N-dealkylation sites (tertiary alicyclic amines) is 2. The average molecular weight is 549 g/mol. The molecule has 0 bridgehead atoms. The molecule has 0 aliphatic carbocycles. The minimum absolute atomic E-state index is 0.0447. The number of amides is 1. The third kappa shape index (κ3) is 9.61. The molecule has 0 radical (unpaired) electrons. The fraction of sp³-hybridized carbons (Fsp3) is 0.552. The quantitative estimate of drug-likeness (QED) is 0.471. The molecule has 39 heavy (non-hydrogen) atoms. The highest BCUT2D eigenvalue weighted by molar-refractivity contribution is 5.95. The smallest absolute Gasteiger partial charge is 0.475 e. The first-order valence-corrected chi connectivity index (χ1v) is 13.7. The number of pyridine rings is 1. The van der Waals surface area contributed by atoms with Gasteiger partial charge in [0.1, 0.15) is 0 Å². The zero-order valence-corrected chi connectivity index (χ0v) is 22.7. The number of hydrogen-bond donors (Lipinski definition) is 2. The van der Waals surface area contributed by atoms with Gasteiger partial charge in [-0.05, 0) is 81.0 Å². The molecule has 2 aliphatic heterocycles. The third-order valence-corrected chi connectivity index (χ3v) is 7.43. The first kappa shape index (κ1) is 30.6.